The van der Waals surface area contributed by atoms with E-state index in [-0.39, 0.29) is 0 Å². The average molecular weight is 397 g/mol. The van der Waals surface area contributed by atoms with Crippen LogP contribution in [0, 0.1) is 0 Å². The molecule has 0 aliphatic heterocycles. The molecule has 1 heterocycles. The molecule has 6 nitrogen and oxygen atoms in total. The second-order valence-corrected chi connectivity index (χ2v) is 7.04. The van der Waals surface area contributed by atoms with E-state index >= 15 is 0 Å². The summed E-state index contributed by atoms with van der Waals surface area (Å²) >= 11 is 4.26. The third kappa shape index (κ3) is 9.00. The molecule has 0 radical (unpaired) electrons. The van der Waals surface area contributed by atoms with Gasteiger partial charge >= 0.3 is 0 Å². The number of rotatable bonds is 6. The summed E-state index contributed by atoms with van der Waals surface area (Å²) in [6, 6.07) is 12.8. The van der Waals surface area contributed by atoms with Crippen molar-refractivity contribution < 1.29 is 21.7 Å². The molecule has 1 aromatic heterocycles. The van der Waals surface area contributed by atoms with Gasteiger partial charge in [-0.3, -0.25) is 4.18 Å². The topological polar surface area (TPSA) is 73.5 Å². The van der Waals surface area contributed by atoms with Crippen molar-refractivity contribution >= 4 is 40.9 Å². The second kappa shape index (κ2) is 11.0. The summed E-state index contributed by atoms with van der Waals surface area (Å²) in [6.45, 7) is 0.958. The number of hydrogen-bond acceptors (Lipinski definition) is 6. The van der Waals surface area contributed by atoms with Crippen LogP contribution in [0.4, 0.5) is 5.69 Å². The predicted molar refractivity (Wildman–Crippen MR) is 107 cm³/mol. The zero-order valence-corrected chi connectivity index (χ0v) is 16.8. The van der Waals surface area contributed by atoms with E-state index in [0.717, 1.165) is 19.4 Å². The van der Waals surface area contributed by atoms with Crippen LogP contribution in [0.2, 0.25) is 0 Å². The SMILES string of the molecule is CN(CCS)c1ccc(/C=C/c2cc[n+](C)cc2)cc1.COS(=O)(=O)[O-]. The van der Waals surface area contributed by atoms with Gasteiger partial charge in [-0.1, -0.05) is 24.3 Å². The fourth-order valence-corrected chi connectivity index (χ4v) is 2.24. The first-order valence-electron chi connectivity index (χ1n) is 7.82. The molecule has 0 aliphatic rings. The molecule has 142 valence electrons. The Morgan fingerprint density at radius 3 is 2.00 bits per heavy atom. The van der Waals surface area contributed by atoms with E-state index in [1.54, 1.807) is 0 Å². The van der Waals surface area contributed by atoms with Gasteiger partial charge in [0.1, 0.15) is 7.05 Å². The molecule has 1 aromatic carbocycles. The van der Waals surface area contributed by atoms with Crippen LogP contribution in [-0.4, -0.2) is 39.4 Å². The highest BCUT2D eigenvalue weighted by molar-refractivity contribution is 7.80. The molecular weight excluding hydrogens is 372 g/mol. The van der Waals surface area contributed by atoms with Crippen molar-refractivity contribution in [3.05, 3.63) is 59.9 Å². The monoisotopic (exact) mass is 396 g/mol. The Labute approximate surface area is 161 Å². The smallest absolute Gasteiger partial charge is 0.217 e. The molecule has 0 unspecified atom stereocenters. The molecular formula is C18H24N2O4S2. The minimum absolute atomic E-state index is 0.808. The minimum Gasteiger partial charge on any atom is -0.726 e. The quantitative estimate of drug-likeness (QED) is 0.351. The van der Waals surface area contributed by atoms with Gasteiger partial charge in [-0.2, -0.15) is 12.6 Å². The highest BCUT2D eigenvalue weighted by atomic mass is 32.3. The third-order valence-corrected chi connectivity index (χ3v) is 4.05. The van der Waals surface area contributed by atoms with Gasteiger partial charge in [0, 0.05) is 37.2 Å². The number of thiol groups is 1. The number of nitrogens with zero attached hydrogens (tertiary/aromatic N) is 2. The number of pyridine rings is 1. The van der Waals surface area contributed by atoms with Gasteiger partial charge in [-0.25, -0.2) is 13.0 Å². The maximum absolute atomic E-state index is 9.22. The van der Waals surface area contributed by atoms with E-state index in [9.17, 15) is 13.0 Å². The number of aryl methyl sites for hydroxylation is 1. The van der Waals surface area contributed by atoms with Crippen molar-refractivity contribution in [2.24, 2.45) is 7.05 Å². The first-order valence-corrected chi connectivity index (χ1v) is 9.78. The van der Waals surface area contributed by atoms with Crippen molar-refractivity contribution in [1.82, 2.24) is 0 Å². The Balaban J connectivity index is 0.000000487. The van der Waals surface area contributed by atoms with Crippen molar-refractivity contribution in [1.29, 1.82) is 0 Å². The van der Waals surface area contributed by atoms with Crippen molar-refractivity contribution in [2.75, 3.05) is 31.4 Å². The van der Waals surface area contributed by atoms with E-state index in [0.29, 0.717) is 0 Å². The van der Waals surface area contributed by atoms with Gasteiger partial charge < -0.3 is 9.45 Å². The third-order valence-electron chi connectivity index (χ3n) is 3.45. The van der Waals surface area contributed by atoms with Crippen LogP contribution < -0.4 is 9.47 Å². The Kier molecular flexibility index (Phi) is 9.36. The van der Waals surface area contributed by atoms with Crippen LogP contribution in [0.1, 0.15) is 11.1 Å². The van der Waals surface area contributed by atoms with Crippen molar-refractivity contribution in [2.45, 2.75) is 0 Å². The number of hydrogen-bond donors (Lipinski definition) is 1. The van der Waals surface area contributed by atoms with Crippen LogP contribution in [0.25, 0.3) is 12.2 Å². The summed E-state index contributed by atoms with van der Waals surface area (Å²) in [6.07, 6.45) is 8.37. The largest absolute Gasteiger partial charge is 0.726 e. The minimum atomic E-state index is -4.41. The Morgan fingerprint density at radius 1 is 1.12 bits per heavy atom. The summed E-state index contributed by atoms with van der Waals surface area (Å²) in [4.78, 5) is 2.21. The lowest BCUT2D eigenvalue weighted by Crippen LogP contribution is -2.25. The van der Waals surface area contributed by atoms with Crippen LogP contribution in [0.3, 0.4) is 0 Å². The maximum Gasteiger partial charge on any atom is 0.217 e. The van der Waals surface area contributed by atoms with E-state index in [2.05, 4.69) is 89.7 Å². The Hall–Kier alpha value is -1.87. The summed E-state index contributed by atoms with van der Waals surface area (Å²) in [5, 5.41) is 0. The summed E-state index contributed by atoms with van der Waals surface area (Å²) < 4.78 is 33.1. The molecule has 0 saturated heterocycles. The number of benzene rings is 1. The molecule has 0 amide bonds. The predicted octanol–water partition coefficient (Wildman–Crippen LogP) is 2.14. The van der Waals surface area contributed by atoms with E-state index < -0.39 is 10.4 Å². The molecule has 2 rings (SSSR count). The van der Waals surface area contributed by atoms with Gasteiger partial charge in [-0.15, -0.1) is 0 Å². The lowest BCUT2D eigenvalue weighted by atomic mass is 10.1. The van der Waals surface area contributed by atoms with Gasteiger partial charge in [0.2, 0.25) is 10.4 Å². The van der Waals surface area contributed by atoms with Gasteiger partial charge in [0.15, 0.2) is 12.4 Å². The molecule has 0 fully saturated rings. The standard InChI is InChI=1S/C17H20N2S.CH4O4S/c1-18-11-9-16(10-12-18)4-3-15-5-7-17(8-6-15)19(2)13-14-20;1-5-6(2,3)4/h3-12H,13-14H2,1-2H3;1H3,(H,2,3,4). The first-order chi connectivity index (χ1) is 12.2. The van der Waals surface area contributed by atoms with E-state index in [4.69, 9.17) is 0 Å². The highest BCUT2D eigenvalue weighted by Crippen LogP contribution is 2.15. The second-order valence-electron chi connectivity index (χ2n) is 5.44. The molecule has 2 aromatic rings. The fraction of sp³-hybridized carbons (Fsp3) is 0.278. The van der Waals surface area contributed by atoms with Gasteiger partial charge in [-0.05, 0) is 23.3 Å². The van der Waals surface area contributed by atoms with Crippen molar-refractivity contribution in [3.8, 4) is 0 Å². The summed E-state index contributed by atoms with van der Waals surface area (Å²) in [5.74, 6) is 0.865. The zero-order valence-electron chi connectivity index (χ0n) is 15.1. The molecule has 0 atom stereocenters. The fourth-order valence-electron chi connectivity index (χ4n) is 1.94. The number of anilines is 1. The van der Waals surface area contributed by atoms with E-state index in [1.807, 2.05) is 11.6 Å². The van der Waals surface area contributed by atoms with Gasteiger partial charge in [0.05, 0.1) is 7.11 Å². The van der Waals surface area contributed by atoms with Crippen LogP contribution >= 0.6 is 12.6 Å². The molecule has 0 aliphatic carbocycles. The molecule has 8 heteroatoms. The maximum atomic E-state index is 9.22. The van der Waals surface area contributed by atoms with E-state index in [1.165, 1.54) is 16.8 Å². The van der Waals surface area contributed by atoms with Crippen LogP contribution in [-0.2, 0) is 21.6 Å². The Morgan fingerprint density at radius 2 is 1.58 bits per heavy atom. The zero-order chi connectivity index (χ0) is 19.6. The summed E-state index contributed by atoms with van der Waals surface area (Å²) in [7, 11) is 0.506. The molecule has 0 N–H and O–H groups in total. The lowest BCUT2D eigenvalue weighted by molar-refractivity contribution is -0.671. The normalized spacial score (nSPS) is 11.1. The van der Waals surface area contributed by atoms with Crippen LogP contribution in [0.15, 0.2) is 48.8 Å². The lowest BCUT2D eigenvalue weighted by Gasteiger charge is -2.17. The Bertz CT molecular complexity index is 789. The molecule has 0 spiro atoms. The molecule has 26 heavy (non-hydrogen) atoms. The van der Waals surface area contributed by atoms with Crippen molar-refractivity contribution in [3.63, 3.8) is 0 Å². The average Bonchev–Trinajstić information content (AvgIpc) is 2.62. The summed E-state index contributed by atoms with van der Waals surface area (Å²) in [5.41, 5.74) is 3.64. The highest BCUT2D eigenvalue weighted by Gasteiger charge is 1.98. The molecule has 0 saturated carbocycles. The van der Waals surface area contributed by atoms with Crippen LogP contribution in [0.5, 0.6) is 0 Å². The molecule has 0 bridgehead atoms. The first kappa shape index (κ1) is 22.2. The van der Waals surface area contributed by atoms with Gasteiger partial charge in [0.25, 0.3) is 0 Å². The number of aromatic nitrogens is 1.